The maximum atomic E-state index is 13.4. The fraction of sp³-hybridized carbons (Fsp3) is 0.361. The number of nitrogens with one attached hydrogen (secondary N) is 2. The summed E-state index contributed by atoms with van der Waals surface area (Å²) in [5.74, 6) is -2.37. The lowest BCUT2D eigenvalue weighted by Crippen LogP contribution is -2.63. The van der Waals surface area contributed by atoms with E-state index in [0.29, 0.717) is 12.0 Å². The molecular formula is C36H39N3O12. The second-order valence-electron chi connectivity index (χ2n) is 12.3. The van der Waals surface area contributed by atoms with Gasteiger partial charge in [-0.3, -0.25) is 10.1 Å². The van der Waals surface area contributed by atoms with Crippen LogP contribution in [0.25, 0.3) is 33.0 Å². The summed E-state index contributed by atoms with van der Waals surface area (Å²) < 4.78 is 24.7. The van der Waals surface area contributed by atoms with E-state index < -0.39 is 55.3 Å². The molecule has 6 N–H and O–H groups in total. The van der Waals surface area contributed by atoms with Crippen molar-refractivity contribution in [3.8, 4) is 22.6 Å². The lowest BCUT2D eigenvalue weighted by atomic mass is 9.99. The van der Waals surface area contributed by atoms with Gasteiger partial charge in [0.1, 0.15) is 48.3 Å². The molecule has 51 heavy (non-hydrogen) atoms. The normalized spacial score (nSPS) is 21.1. The molecule has 15 heteroatoms. The summed E-state index contributed by atoms with van der Waals surface area (Å²) in [5.41, 5.74) is 2.38. The highest BCUT2D eigenvalue weighted by Crippen LogP contribution is 2.30. The van der Waals surface area contributed by atoms with E-state index in [0.717, 1.165) is 35.9 Å². The number of likely N-dealkylation sites (N-methyl/N-ethyl adjacent to an activating group) is 1. The number of nitrogens with zero attached hydrogens (tertiary/aromatic N) is 1. The van der Waals surface area contributed by atoms with Crippen molar-refractivity contribution in [3.05, 3.63) is 83.1 Å². The number of phenols is 1. The molecule has 1 aliphatic rings. The number of aliphatic hydroxyl groups is 2. The molecule has 6 rings (SSSR count). The van der Waals surface area contributed by atoms with Gasteiger partial charge in [-0.1, -0.05) is 31.9 Å². The van der Waals surface area contributed by atoms with Gasteiger partial charge >= 0.3 is 11.9 Å². The van der Waals surface area contributed by atoms with Gasteiger partial charge in [0.15, 0.2) is 5.43 Å². The van der Waals surface area contributed by atoms with Crippen LogP contribution in [-0.2, 0) is 25.5 Å². The van der Waals surface area contributed by atoms with Crippen LogP contribution in [-0.4, -0.2) is 92.5 Å². The summed E-state index contributed by atoms with van der Waals surface area (Å²) in [6.07, 6.45) is 0.992. The Balaban J connectivity index is 1.30. The van der Waals surface area contributed by atoms with Gasteiger partial charge in [-0.25, -0.2) is 9.59 Å². The molecule has 1 aliphatic heterocycles. The van der Waals surface area contributed by atoms with Crippen LogP contribution in [0.3, 0.4) is 0 Å². The Morgan fingerprint density at radius 2 is 1.86 bits per heavy atom. The van der Waals surface area contributed by atoms with Crippen LogP contribution in [0.1, 0.15) is 31.9 Å². The van der Waals surface area contributed by atoms with Crippen molar-refractivity contribution in [1.29, 1.82) is 0 Å². The third-order valence-corrected chi connectivity index (χ3v) is 8.82. The minimum Gasteiger partial charge on any atom is -0.508 e. The molecule has 15 nitrogen and oxygen atoms in total. The number of hydrogen-bond acceptors (Lipinski definition) is 12. The summed E-state index contributed by atoms with van der Waals surface area (Å²) in [6.45, 7) is 1.48. The van der Waals surface area contributed by atoms with Gasteiger partial charge in [-0.15, -0.1) is 0 Å². The standard InChI is InChI=1S/C36H39N3O12/c1-3-4-5-6-25-28-20(13-14-38-28)16-39(25)51-33-32(43)31(42)27(18-48-35(46)29(37-2)34(44)45)50-36(33)49-22-11-12-23-26(15-22)47-17-24(30(23)41)19-7-9-21(40)10-8-19/h7-17,27,29,31-33,36-38,40,42-43H,3-6,18H2,1-2H3,(H,44,45). The van der Waals surface area contributed by atoms with Crippen LogP contribution in [0.5, 0.6) is 11.5 Å². The van der Waals surface area contributed by atoms with Crippen molar-refractivity contribution in [1.82, 2.24) is 15.0 Å². The number of aromatic amines is 1. The predicted octanol–water partition coefficient (Wildman–Crippen LogP) is 2.72. The predicted molar refractivity (Wildman–Crippen MR) is 182 cm³/mol. The molecule has 1 fully saturated rings. The van der Waals surface area contributed by atoms with E-state index in [1.807, 2.05) is 12.3 Å². The molecule has 3 aromatic heterocycles. The molecule has 270 valence electrons. The summed E-state index contributed by atoms with van der Waals surface area (Å²) in [4.78, 5) is 46.8. The van der Waals surface area contributed by atoms with Crippen molar-refractivity contribution < 1.29 is 53.5 Å². The highest BCUT2D eigenvalue weighted by Gasteiger charge is 2.49. The van der Waals surface area contributed by atoms with E-state index in [1.54, 1.807) is 18.3 Å². The van der Waals surface area contributed by atoms with Gasteiger partial charge in [0.25, 0.3) is 0 Å². The molecule has 0 saturated carbocycles. The van der Waals surface area contributed by atoms with Crippen molar-refractivity contribution in [2.75, 3.05) is 13.7 Å². The molecule has 4 heterocycles. The average molecular weight is 706 g/mol. The van der Waals surface area contributed by atoms with Crippen LogP contribution in [0.4, 0.5) is 0 Å². The number of aryl methyl sites for hydroxylation is 1. The molecule has 0 bridgehead atoms. The number of fused-ring (bicyclic) bond motifs is 2. The van der Waals surface area contributed by atoms with E-state index in [1.165, 1.54) is 48.4 Å². The number of esters is 1. The number of aliphatic carboxylic acids is 1. The molecule has 6 unspecified atom stereocenters. The molecule has 2 aromatic carbocycles. The Morgan fingerprint density at radius 1 is 1.08 bits per heavy atom. The van der Waals surface area contributed by atoms with E-state index in [2.05, 4.69) is 17.2 Å². The smallest absolute Gasteiger partial charge is 0.334 e. The van der Waals surface area contributed by atoms with Gasteiger partial charge < -0.3 is 48.9 Å². The van der Waals surface area contributed by atoms with Crippen molar-refractivity contribution in [3.63, 3.8) is 0 Å². The van der Waals surface area contributed by atoms with Gasteiger partial charge in [0, 0.05) is 17.6 Å². The number of phenolic OH excluding ortho intramolecular Hbond substituents is 1. The van der Waals surface area contributed by atoms with Gasteiger partial charge in [0.2, 0.25) is 18.4 Å². The average Bonchev–Trinajstić information content (AvgIpc) is 3.70. The largest absolute Gasteiger partial charge is 0.508 e. The number of aromatic hydroxyl groups is 1. The van der Waals surface area contributed by atoms with Crippen LogP contribution in [0.2, 0.25) is 0 Å². The molecule has 0 amide bonds. The number of aliphatic hydroxyl groups excluding tert-OH is 2. The fourth-order valence-corrected chi connectivity index (χ4v) is 6.05. The number of hydrogen-bond donors (Lipinski definition) is 6. The van der Waals surface area contributed by atoms with Crippen molar-refractivity contribution in [2.45, 2.75) is 69.4 Å². The number of ether oxygens (including phenoxy) is 3. The molecular weight excluding hydrogens is 666 g/mol. The first-order valence-electron chi connectivity index (χ1n) is 16.5. The maximum Gasteiger partial charge on any atom is 0.334 e. The number of carboxylic acid groups (broad SMARTS) is 1. The van der Waals surface area contributed by atoms with Crippen molar-refractivity contribution >= 4 is 33.8 Å². The number of carbonyl (C=O) groups excluding carboxylic acids is 1. The number of rotatable bonds is 14. The number of H-pyrrole nitrogens is 1. The molecule has 1 saturated heterocycles. The van der Waals surface area contributed by atoms with E-state index in [-0.39, 0.29) is 33.5 Å². The lowest BCUT2D eigenvalue weighted by molar-refractivity contribution is -0.288. The first-order valence-corrected chi connectivity index (χ1v) is 16.5. The van der Waals surface area contributed by atoms with E-state index >= 15 is 0 Å². The number of carbonyl (C=O) groups is 2. The fourth-order valence-electron chi connectivity index (χ4n) is 6.05. The quantitative estimate of drug-likeness (QED) is 0.0558. The Kier molecular flexibility index (Phi) is 10.6. The summed E-state index contributed by atoms with van der Waals surface area (Å²) >= 11 is 0. The molecule has 6 atom stereocenters. The van der Waals surface area contributed by atoms with Crippen LogP contribution >= 0.6 is 0 Å². The van der Waals surface area contributed by atoms with Crippen LogP contribution in [0, 0.1) is 0 Å². The zero-order valence-corrected chi connectivity index (χ0v) is 27.9. The van der Waals surface area contributed by atoms with Gasteiger partial charge in [0.05, 0.1) is 28.4 Å². The summed E-state index contributed by atoms with van der Waals surface area (Å²) in [6, 6.07) is 10.8. The number of carboxylic acids is 1. The Hall–Kier alpha value is -5.35. The topological polar surface area (TPSA) is 215 Å². The lowest BCUT2D eigenvalue weighted by Gasteiger charge is -2.41. The SMILES string of the molecule is CCCCCc1c2[nH]ccc2cn1OC1C(Oc2ccc3c(=O)c(-c4ccc(O)cc4)coc3c2)OC(COC(=O)C(NC)C(=O)O)C(O)C1O. The monoisotopic (exact) mass is 705 g/mol. The van der Waals surface area contributed by atoms with E-state index in [4.69, 9.17) is 23.5 Å². The Morgan fingerprint density at radius 3 is 2.59 bits per heavy atom. The number of unbranched alkanes of at least 4 members (excludes halogenated alkanes) is 2. The van der Waals surface area contributed by atoms with Crippen molar-refractivity contribution in [2.24, 2.45) is 0 Å². The first-order chi connectivity index (χ1) is 24.6. The zero-order chi connectivity index (χ0) is 36.2. The number of benzene rings is 2. The maximum absolute atomic E-state index is 13.4. The summed E-state index contributed by atoms with van der Waals surface area (Å²) in [7, 11) is 1.28. The number of aromatic nitrogens is 2. The summed E-state index contributed by atoms with van der Waals surface area (Å²) in [5, 5.41) is 44.9. The van der Waals surface area contributed by atoms with Gasteiger partial charge in [-0.2, -0.15) is 4.73 Å². The van der Waals surface area contributed by atoms with Crippen LogP contribution < -0.4 is 20.3 Å². The first kappa shape index (κ1) is 35.5. The molecule has 0 aliphatic carbocycles. The van der Waals surface area contributed by atoms with Gasteiger partial charge in [-0.05, 0) is 55.8 Å². The Labute approximate surface area is 290 Å². The Bertz CT molecular complexity index is 2050. The van der Waals surface area contributed by atoms with Crippen LogP contribution in [0.15, 0.2) is 76.4 Å². The molecule has 0 radical (unpaired) electrons. The zero-order valence-electron chi connectivity index (χ0n) is 27.9. The highest BCUT2D eigenvalue weighted by molar-refractivity contribution is 5.98. The third-order valence-electron chi connectivity index (χ3n) is 8.82. The molecule has 5 aromatic rings. The third kappa shape index (κ3) is 7.42. The minimum absolute atomic E-state index is 0.0560. The highest BCUT2D eigenvalue weighted by atomic mass is 16.8. The minimum atomic E-state index is -1.66. The van der Waals surface area contributed by atoms with E-state index in [9.17, 15) is 34.8 Å². The second kappa shape index (κ2) is 15.3. The second-order valence-corrected chi connectivity index (χ2v) is 12.3. The molecule has 0 spiro atoms.